The number of aromatic amines is 1. The number of rotatable bonds is 8. The van der Waals surface area contributed by atoms with Crippen LogP contribution in [0, 0.1) is 0 Å². The van der Waals surface area contributed by atoms with Crippen LogP contribution in [-0.2, 0) is 17.8 Å². The van der Waals surface area contributed by atoms with E-state index >= 15 is 0 Å². The van der Waals surface area contributed by atoms with Gasteiger partial charge < -0.3 is 20.6 Å². The van der Waals surface area contributed by atoms with Crippen LogP contribution in [-0.4, -0.2) is 51.1 Å². The molecule has 3 aromatic rings. The number of benzene rings is 1. The summed E-state index contributed by atoms with van der Waals surface area (Å²) in [7, 11) is 0. The van der Waals surface area contributed by atoms with Crippen molar-refractivity contribution in [2.45, 2.75) is 45.6 Å². The molecule has 0 radical (unpaired) electrons. The Bertz CT molecular complexity index is 983. The van der Waals surface area contributed by atoms with Crippen molar-refractivity contribution >= 4 is 23.3 Å². The lowest BCUT2D eigenvalue weighted by atomic mass is 10.0. The average Bonchev–Trinajstić information content (AvgIpc) is 3.40. The molecule has 166 valence electrons. The molecule has 3 heterocycles. The molecule has 4 N–H and O–H groups in total. The van der Waals surface area contributed by atoms with Crippen LogP contribution in [0.5, 0.6) is 6.01 Å². The van der Waals surface area contributed by atoms with Crippen molar-refractivity contribution < 1.29 is 14.6 Å². The van der Waals surface area contributed by atoms with Gasteiger partial charge in [0, 0.05) is 24.7 Å². The number of carboxylic acid groups (broad SMARTS) is 1. The Morgan fingerprint density at radius 3 is 2.74 bits per heavy atom. The molecule has 0 unspecified atom stereocenters. The van der Waals surface area contributed by atoms with E-state index in [0.717, 1.165) is 42.4 Å². The van der Waals surface area contributed by atoms with E-state index in [2.05, 4.69) is 51.0 Å². The number of nitrogens with two attached hydrogens (primary N) is 1. The number of nitrogens with zero attached hydrogens (tertiary/aromatic N) is 3. The van der Waals surface area contributed by atoms with Crippen molar-refractivity contribution in [2.24, 2.45) is 0 Å². The maximum atomic E-state index is 8.36. The Labute approximate surface area is 182 Å². The summed E-state index contributed by atoms with van der Waals surface area (Å²) in [5.41, 5.74) is 11.5. The predicted octanol–water partition coefficient (Wildman–Crippen LogP) is 3.61. The van der Waals surface area contributed by atoms with E-state index in [9.17, 15) is 0 Å². The van der Waals surface area contributed by atoms with E-state index in [0.29, 0.717) is 18.4 Å². The van der Waals surface area contributed by atoms with Gasteiger partial charge in [-0.05, 0) is 43.5 Å². The van der Waals surface area contributed by atoms with Crippen molar-refractivity contribution in [1.29, 1.82) is 0 Å². The number of ether oxygens (including phenoxy) is 1. The number of nitrogens with one attached hydrogen (secondary N) is 1. The second-order valence-corrected chi connectivity index (χ2v) is 7.72. The van der Waals surface area contributed by atoms with Crippen molar-refractivity contribution in [3.63, 3.8) is 0 Å². The second-order valence-electron chi connectivity index (χ2n) is 7.72. The van der Waals surface area contributed by atoms with Crippen molar-refractivity contribution in [2.75, 3.05) is 25.4 Å². The van der Waals surface area contributed by atoms with Crippen LogP contribution >= 0.6 is 0 Å². The fraction of sp³-hybridized carbons (Fsp3) is 0.435. The van der Waals surface area contributed by atoms with Gasteiger partial charge in [0.05, 0.1) is 6.61 Å². The minimum atomic E-state index is -0.250. The van der Waals surface area contributed by atoms with Gasteiger partial charge in [0.2, 0.25) is 0 Å². The first-order valence-electron chi connectivity index (χ1n) is 10.8. The minimum Gasteiger partial charge on any atom is -0.483 e. The van der Waals surface area contributed by atoms with Crippen LogP contribution in [0.2, 0.25) is 0 Å². The van der Waals surface area contributed by atoms with Gasteiger partial charge in [-0.25, -0.2) is 0 Å². The Hall–Kier alpha value is -3.13. The lowest BCUT2D eigenvalue weighted by Gasteiger charge is -2.15. The molecule has 0 spiro atoms. The van der Waals surface area contributed by atoms with E-state index in [1.807, 2.05) is 6.20 Å². The quantitative estimate of drug-likeness (QED) is 0.373. The zero-order valence-electron chi connectivity index (χ0n) is 18.0. The highest BCUT2D eigenvalue weighted by Gasteiger charge is 2.14. The molecular formula is C23H31N5O3. The molecule has 0 aliphatic carbocycles. The van der Waals surface area contributed by atoms with E-state index in [1.165, 1.54) is 37.1 Å². The van der Waals surface area contributed by atoms with Crippen LogP contribution in [0.3, 0.4) is 0 Å². The maximum Gasteiger partial charge on any atom is 0.319 e. The molecule has 1 aromatic carbocycles. The van der Waals surface area contributed by atoms with Gasteiger partial charge in [-0.1, -0.05) is 37.6 Å². The van der Waals surface area contributed by atoms with Gasteiger partial charge in [-0.15, -0.1) is 0 Å². The number of unbranched alkanes of at least 4 members (excludes halogenated alkanes) is 1. The zero-order chi connectivity index (χ0) is 22.1. The van der Waals surface area contributed by atoms with Crippen LogP contribution in [0.4, 0.5) is 5.82 Å². The molecule has 8 heteroatoms. The normalized spacial score (nSPS) is 13.7. The fourth-order valence-electron chi connectivity index (χ4n) is 3.82. The lowest BCUT2D eigenvalue weighted by molar-refractivity contribution is -0.122. The number of carbonyl (C=O) groups is 1. The number of nitrogen functional groups attached to an aromatic ring is 1. The third-order valence-electron chi connectivity index (χ3n) is 5.33. The number of hydrogen-bond donors (Lipinski definition) is 3. The van der Waals surface area contributed by atoms with Crippen molar-refractivity contribution in [3.8, 4) is 6.01 Å². The fourth-order valence-corrected chi connectivity index (χ4v) is 3.82. The summed E-state index contributed by atoms with van der Waals surface area (Å²) < 4.78 is 5.68. The monoisotopic (exact) mass is 425 g/mol. The highest BCUT2D eigenvalue weighted by Crippen LogP contribution is 2.25. The molecule has 0 saturated carbocycles. The Morgan fingerprint density at radius 2 is 2.00 bits per heavy atom. The Kier molecular flexibility index (Phi) is 8.23. The van der Waals surface area contributed by atoms with Crippen LogP contribution in [0.1, 0.15) is 49.3 Å². The number of anilines is 1. The van der Waals surface area contributed by atoms with Gasteiger partial charge in [0.25, 0.3) is 6.47 Å². The molecule has 31 heavy (non-hydrogen) atoms. The lowest BCUT2D eigenvalue weighted by Crippen LogP contribution is -2.18. The number of likely N-dealkylation sites (tertiary alicyclic amines) is 1. The van der Waals surface area contributed by atoms with Gasteiger partial charge in [-0.2, -0.15) is 9.97 Å². The SMILES string of the molecule is CCCCOc1nc(N)c2[nH]cc(Cc3cccc(CN4CCCC4)c3)c2n1.O=CO. The standard InChI is InChI=1S/C22H29N5O.CH2O2/c1-2-3-11-28-22-25-19-18(14-24-20(19)21(23)26-22)13-16-7-6-8-17(12-16)15-27-9-4-5-10-27;2-1-3/h6-8,12,14,24H,2-5,9-11,13,15H2,1H3,(H2,23,25,26);1H,(H,2,3). The Balaban J connectivity index is 0.000000858. The molecule has 1 aliphatic heterocycles. The van der Waals surface area contributed by atoms with Crippen LogP contribution in [0.25, 0.3) is 11.0 Å². The summed E-state index contributed by atoms with van der Waals surface area (Å²) in [5, 5.41) is 6.89. The van der Waals surface area contributed by atoms with Gasteiger partial charge in [0.15, 0.2) is 5.82 Å². The number of aromatic nitrogens is 3. The molecule has 1 saturated heterocycles. The molecule has 2 aromatic heterocycles. The zero-order valence-corrected chi connectivity index (χ0v) is 18.0. The molecule has 4 rings (SSSR count). The second kappa shape index (κ2) is 11.3. The molecule has 1 fully saturated rings. The topological polar surface area (TPSA) is 117 Å². The van der Waals surface area contributed by atoms with Crippen molar-refractivity contribution in [3.05, 3.63) is 47.2 Å². The number of H-pyrrole nitrogens is 1. The first-order chi connectivity index (χ1) is 15.1. The van der Waals surface area contributed by atoms with Crippen molar-refractivity contribution in [1.82, 2.24) is 19.9 Å². The molecule has 0 bridgehead atoms. The summed E-state index contributed by atoms with van der Waals surface area (Å²) in [6, 6.07) is 9.22. The third kappa shape index (κ3) is 6.18. The number of hydrogen-bond acceptors (Lipinski definition) is 6. The predicted molar refractivity (Wildman–Crippen MR) is 121 cm³/mol. The van der Waals surface area contributed by atoms with Crippen LogP contribution < -0.4 is 10.5 Å². The van der Waals surface area contributed by atoms with E-state index < -0.39 is 0 Å². The van der Waals surface area contributed by atoms with Crippen LogP contribution in [0.15, 0.2) is 30.5 Å². The van der Waals surface area contributed by atoms with Gasteiger partial charge in [0.1, 0.15) is 11.0 Å². The molecular weight excluding hydrogens is 394 g/mol. The molecule has 1 aliphatic rings. The summed E-state index contributed by atoms with van der Waals surface area (Å²) in [4.78, 5) is 23.0. The summed E-state index contributed by atoms with van der Waals surface area (Å²) in [5.74, 6) is 0.436. The Morgan fingerprint density at radius 1 is 1.26 bits per heavy atom. The summed E-state index contributed by atoms with van der Waals surface area (Å²) in [6.07, 6.45) is 7.47. The molecule has 0 amide bonds. The van der Waals surface area contributed by atoms with E-state index in [4.69, 9.17) is 20.4 Å². The van der Waals surface area contributed by atoms with Gasteiger partial charge in [-0.3, -0.25) is 9.69 Å². The highest BCUT2D eigenvalue weighted by atomic mass is 16.5. The minimum absolute atomic E-state index is 0.250. The van der Waals surface area contributed by atoms with Gasteiger partial charge >= 0.3 is 6.01 Å². The molecule has 8 nitrogen and oxygen atoms in total. The first-order valence-corrected chi connectivity index (χ1v) is 10.8. The average molecular weight is 426 g/mol. The van der Waals surface area contributed by atoms with E-state index in [-0.39, 0.29) is 6.47 Å². The number of fused-ring (bicyclic) bond motifs is 1. The third-order valence-corrected chi connectivity index (χ3v) is 5.33. The smallest absolute Gasteiger partial charge is 0.319 e. The largest absolute Gasteiger partial charge is 0.483 e. The summed E-state index contributed by atoms with van der Waals surface area (Å²) >= 11 is 0. The highest BCUT2D eigenvalue weighted by molar-refractivity contribution is 5.87. The summed E-state index contributed by atoms with van der Waals surface area (Å²) in [6.45, 7) is 5.95. The maximum absolute atomic E-state index is 8.36. The molecule has 0 atom stereocenters. The first kappa shape index (κ1) is 22.6. The van der Waals surface area contributed by atoms with E-state index in [1.54, 1.807) is 0 Å².